The van der Waals surface area contributed by atoms with Gasteiger partial charge in [-0.2, -0.15) is 0 Å². The number of rotatable bonds is 3. The van der Waals surface area contributed by atoms with Crippen molar-refractivity contribution in [2.24, 2.45) is 0 Å². The normalized spacial score (nSPS) is 14.7. The molecule has 6 heteroatoms. The van der Waals surface area contributed by atoms with E-state index in [4.69, 9.17) is 9.57 Å². The number of carbonyl (C=O) groups excluding carboxylic acids is 3. The van der Waals surface area contributed by atoms with Gasteiger partial charge in [-0.15, -0.1) is 5.06 Å². The zero-order chi connectivity index (χ0) is 14.0. The van der Waals surface area contributed by atoms with E-state index in [1.165, 1.54) is 13.2 Å². The van der Waals surface area contributed by atoms with Crippen LogP contribution < -0.4 is 4.74 Å². The summed E-state index contributed by atoms with van der Waals surface area (Å²) in [5, 5.41) is 0.534. The van der Waals surface area contributed by atoms with Gasteiger partial charge in [0.05, 0.1) is 12.7 Å². The zero-order valence-electron chi connectivity index (χ0n) is 10.6. The number of hydroxylamine groups is 2. The van der Waals surface area contributed by atoms with Crippen molar-refractivity contribution >= 4 is 17.8 Å². The molecule has 0 aliphatic carbocycles. The van der Waals surface area contributed by atoms with Crippen LogP contribution in [0.1, 0.15) is 28.8 Å². The lowest BCUT2D eigenvalue weighted by Gasteiger charge is -2.13. The van der Waals surface area contributed by atoms with E-state index in [2.05, 4.69) is 0 Å². The smallest absolute Gasteiger partial charge is 0.364 e. The predicted octanol–water partition coefficient (Wildman–Crippen LogP) is 1.22. The molecule has 0 bridgehead atoms. The maximum atomic E-state index is 11.9. The maximum Gasteiger partial charge on any atom is 0.364 e. The number of imide groups is 1. The molecule has 1 heterocycles. The second-order valence-corrected chi connectivity index (χ2v) is 4.14. The van der Waals surface area contributed by atoms with E-state index in [1.54, 1.807) is 19.1 Å². The van der Waals surface area contributed by atoms with E-state index in [0.29, 0.717) is 16.4 Å². The fraction of sp³-hybridized carbons (Fsp3) is 0.308. The minimum absolute atomic E-state index is 0.0771. The van der Waals surface area contributed by atoms with Gasteiger partial charge in [0.25, 0.3) is 11.8 Å². The molecule has 0 unspecified atom stereocenters. The minimum atomic E-state index is -0.733. The van der Waals surface area contributed by atoms with E-state index in [-0.39, 0.29) is 18.4 Å². The Balaban J connectivity index is 2.16. The average Bonchev–Trinajstić information content (AvgIpc) is 2.70. The number of aryl methyl sites for hydroxylation is 1. The molecule has 0 saturated carbocycles. The van der Waals surface area contributed by atoms with Gasteiger partial charge in [0.2, 0.25) is 0 Å². The van der Waals surface area contributed by atoms with Crippen LogP contribution in [-0.4, -0.2) is 30.0 Å². The first-order valence-electron chi connectivity index (χ1n) is 5.75. The molecule has 19 heavy (non-hydrogen) atoms. The van der Waals surface area contributed by atoms with Crippen molar-refractivity contribution in [2.75, 3.05) is 7.11 Å². The van der Waals surface area contributed by atoms with Gasteiger partial charge in [0, 0.05) is 12.8 Å². The van der Waals surface area contributed by atoms with Crippen molar-refractivity contribution in [3.63, 3.8) is 0 Å². The SMILES string of the molecule is COc1ccc(C(=O)ON2C(=O)CCC2=O)c(C)c1. The standard InChI is InChI=1S/C13H13NO5/c1-8-7-9(18-2)3-4-10(8)13(17)19-14-11(15)5-6-12(14)16/h3-4,7H,5-6H2,1-2H3. The lowest BCUT2D eigenvalue weighted by atomic mass is 10.1. The van der Waals surface area contributed by atoms with Gasteiger partial charge >= 0.3 is 5.97 Å². The van der Waals surface area contributed by atoms with E-state index in [1.807, 2.05) is 0 Å². The van der Waals surface area contributed by atoms with Gasteiger partial charge < -0.3 is 9.57 Å². The van der Waals surface area contributed by atoms with Crippen LogP contribution in [0.25, 0.3) is 0 Å². The van der Waals surface area contributed by atoms with E-state index >= 15 is 0 Å². The highest BCUT2D eigenvalue weighted by molar-refractivity contribution is 6.03. The number of hydrogen-bond donors (Lipinski definition) is 0. The molecule has 2 rings (SSSR count). The Hall–Kier alpha value is -2.37. The van der Waals surface area contributed by atoms with Crippen LogP contribution in [0, 0.1) is 6.92 Å². The summed E-state index contributed by atoms with van der Waals surface area (Å²) < 4.78 is 5.03. The van der Waals surface area contributed by atoms with Gasteiger partial charge in [-0.05, 0) is 30.7 Å². The van der Waals surface area contributed by atoms with Crippen LogP contribution in [0.15, 0.2) is 18.2 Å². The van der Waals surface area contributed by atoms with Crippen LogP contribution in [0.5, 0.6) is 5.75 Å². The molecule has 1 aliphatic heterocycles. The third kappa shape index (κ3) is 2.57. The fourth-order valence-corrected chi connectivity index (χ4v) is 1.78. The molecule has 2 amide bonds. The molecular formula is C13H13NO5. The van der Waals surface area contributed by atoms with E-state index in [9.17, 15) is 14.4 Å². The third-order valence-electron chi connectivity index (χ3n) is 2.83. The molecule has 1 aromatic rings. The summed E-state index contributed by atoms with van der Waals surface area (Å²) in [7, 11) is 1.52. The average molecular weight is 263 g/mol. The zero-order valence-corrected chi connectivity index (χ0v) is 10.6. The molecule has 0 spiro atoms. The number of hydrogen-bond acceptors (Lipinski definition) is 5. The number of methoxy groups -OCH3 is 1. The second kappa shape index (κ2) is 5.09. The molecule has 100 valence electrons. The first-order chi connectivity index (χ1) is 9.02. The summed E-state index contributed by atoms with van der Waals surface area (Å²) in [6, 6.07) is 4.81. The summed E-state index contributed by atoms with van der Waals surface area (Å²) >= 11 is 0. The van der Waals surface area contributed by atoms with Gasteiger partial charge in [-0.25, -0.2) is 4.79 Å². The van der Waals surface area contributed by atoms with Gasteiger partial charge in [0.1, 0.15) is 5.75 Å². The Morgan fingerprint density at radius 2 is 1.84 bits per heavy atom. The Kier molecular flexibility index (Phi) is 3.50. The molecule has 0 radical (unpaired) electrons. The molecule has 1 aliphatic rings. The highest BCUT2D eigenvalue weighted by Crippen LogP contribution is 2.19. The lowest BCUT2D eigenvalue weighted by molar-refractivity contribution is -0.172. The van der Waals surface area contributed by atoms with Crippen LogP contribution >= 0.6 is 0 Å². The number of carbonyl (C=O) groups is 3. The summed E-state index contributed by atoms with van der Waals surface area (Å²) in [4.78, 5) is 39.4. The predicted molar refractivity (Wildman–Crippen MR) is 64.2 cm³/mol. The summed E-state index contributed by atoms with van der Waals surface area (Å²) in [6.45, 7) is 1.72. The summed E-state index contributed by atoms with van der Waals surface area (Å²) in [5.74, 6) is -1.11. The molecule has 1 aromatic carbocycles. The Morgan fingerprint density at radius 3 is 2.37 bits per heavy atom. The minimum Gasteiger partial charge on any atom is -0.497 e. The topological polar surface area (TPSA) is 72.9 Å². The van der Waals surface area contributed by atoms with Crippen molar-refractivity contribution in [3.05, 3.63) is 29.3 Å². The Bertz CT molecular complexity index is 536. The van der Waals surface area contributed by atoms with Crippen LogP contribution in [-0.2, 0) is 14.4 Å². The molecule has 0 atom stereocenters. The Labute approximate surface area is 109 Å². The van der Waals surface area contributed by atoms with E-state index < -0.39 is 17.8 Å². The number of nitrogens with zero attached hydrogens (tertiary/aromatic N) is 1. The highest BCUT2D eigenvalue weighted by atomic mass is 16.7. The van der Waals surface area contributed by atoms with Gasteiger partial charge in [-0.3, -0.25) is 9.59 Å². The molecule has 6 nitrogen and oxygen atoms in total. The summed E-state index contributed by atoms with van der Waals surface area (Å²) in [6.07, 6.45) is 0.154. The van der Waals surface area contributed by atoms with Crippen LogP contribution in [0.2, 0.25) is 0 Å². The number of ether oxygens (including phenoxy) is 1. The fourth-order valence-electron chi connectivity index (χ4n) is 1.78. The highest BCUT2D eigenvalue weighted by Gasteiger charge is 2.33. The molecular weight excluding hydrogens is 250 g/mol. The second-order valence-electron chi connectivity index (χ2n) is 4.14. The summed E-state index contributed by atoms with van der Waals surface area (Å²) in [5.41, 5.74) is 0.928. The van der Waals surface area contributed by atoms with E-state index in [0.717, 1.165) is 0 Å². The Morgan fingerprint density at radius 1 is 1.21 bits per heavy atom. The maximum absolute atomic E-state index is 11.9. The number of amides is 2. The number of benzene rings is 1. The van der Waals surface area contributed by atoms with Crippen LogP contribution in [0.3, 0.4) is 0 Å². The molecule has 1 fully saturated rings. The van der Waals surface area contributed by atoms with Gasteiger partial charge in [-0.1, -0.05) is 0 Å². The molecule has 0 N–H and O–H groups in total. The monoisotopic (exact) mass is 263 g/mol. The third-order valence-corrected chi connectivity index (χ3v) is 2.83. The van der Waals surface area contributed by atoms with Gasteiger partial charge in [0.15, 0.2) is 0 Å². The van der Waals surface area contributed by atoms with Crippen molar-refractivity contribution < 1.29 is 24.0 Å². The van der Waals surface area contributed by atoms with Crippen molar-refractivity contribution in [1.29, 1.82) is 0 Å². The molecule has 0 aromatic heterocycles. The quantitative estimate of drug-likeness (QED) is 0.767. The molecule has 1 saturated heterocycles. The van der Waals surface area contributed by atoms with Crippen molar-refractivity contribution in [3.8, 4) is 5.75 Å². The lowest BCUT2D eigenvalue weighted by Crippen LogP contribution is -2.32. The van der Waals surface area contributed by atoms with Crippen molar-refractivity contribution in [2.45, 2.75) is 19.8 Å². The van der Waals surface area contributed by atoms with Crippen LogP contribution in [0.4, 0.5) is 0 Å². The largest absolute Gasteiger partial charge is 0.497 e. The first kappa shape index (κ1) is 13.1. The van der Waals surface area contributed by atoms with Crippen molar-refractivity contribution in [1.82, 2.24) is 5.06 Å². The first-order valence-corrected chi connectivity index (χ1v) is 5.75.